The third kappa shape index (κ3) is 4.52. The van der Waals surface area contributed by atoms with Crippen LogP contribution in [0.4, 0.5) is 16.2 Å². The summed E-state index contributed by atoms with van der Waals surface area (Å²) in [6.07, 6.45) is 1.72. The van der Waals surface area contributed by atoms with Gasteiger partial charge in [0.05, 0.1) is 11.3 Å². The number of hydrogen-bond donors (Lipinski definition) is 2. The van der Waals surface area contributed by atoms with Crippen molar-refractivity contribution in [2.24, 2.45) is 0 Å². The minimum absolute atomic E-state index is 0.0300. The summed E-state index contributed by atoms with van der Waals surface area (Å²) in [5, 5.41) is 12.1. The fourth-order valence-electron chi connectivity index (χ4n) is 3.92. The van der Waals surface area contributed by atoms with E-state index in [2.05, 4.69) is 27.1 Å². The highest BCUT2D eigenvalue weighted by Crippen LogP contribution is 2.28. The van der Waals surface area contributed by atoms with Crippen LogP contribution in [0.2, 0.25) is 0 Å². The minimum Gasteiger partial charge on any atom is -0.368 e. The molecule has 3 aromatic rings. The number of nitriles is 1. The number of carbonyl (C=O) groups is 1. The zero-order valence-corrected chi connectivity index (χ0v) is 17.6. The van der Waals surface area contributed by atoms with Gasteiger partial charge >= 0.3 is 0 Å². The lowest BCUT2D eigenvalue weighted by Gasteiger charge is -2.39. The first-order chi connectivity index (χ1) is 15.4. The summed E-state index contributed by atoms with van der Waals surface area (Å²) < 4.78 is 14.1. The molecule has 8 heteroatoms. The Balaban J connectivity index is 1.57. The van der Waals surface area contributed by atoms with Gasteiger partial charge in [0.15, 0.2) is 0 Å². The summed E-state index contributed by atoms with van der Waals surface area (Å²) in [6.45, 7) is 2.66. The van der Waals surface area contributed by atoms with Crippen LogP contribution < -0.4 is 16.0 Å². The van der Waals surface area contributed by atoms with Crippen LogP contribution in [-0.4, -0.2) is 34.5 Å². The first kappa shape index (κ1) is 21.2. The molecule has 3 N–H and O–H groups in total. The molecule has 0 saturated carbocycles. The van der Waals surface area contributed by atoms with Crippen molar-refractivity contribution >= 4 is 17.7 Å². The Morgan fingerprint density at radius 2 is 1.97 bits per heavy atom. The zero-order chi connectivity index (χ0) is 22.7. The Kier molecular flexibility index (Phi) is 5.99. The first-order valence-corrected chi connectivity index (χ1v) is 10.4. The lowest BCUT2D eigenvalue weighted by Crippen LogP contribution is -2.51. The fraction of sp³-hybridized carbons (Fsp3) is 0.250. The normalized spacial score (nSPS) is 18.1. The van der Waals surface area contributed by atoms with E-state index in [1.54, 1.807) is 24.3 Å². The smallest absolute Gasteiger partial charge is 0.251 e. The van der Waals surface area contributed by atoms with Gasteiger partial charge in [-0.1, -0.05) is 24.3 Å². The monoisotopic (exact) mass is 430 g/mol. The van der Waals surface area contributed by atoms with Crippen LogP contribution in [0.3, 0.4) is 0 Å². The number of benzene rings is 2. The van der Waals surface area contributed by atoms with Gasteiger partial charge in [0.1, 0.15) is 17.7 Å². The minimum atomic E-state index is -0.612. The number of rotatable bonds is 4. The van der Waals surface area contributed by atoms with Gasteiger partial charge in [0.25, 0.3) is 5.91 Å². The van der Waals surface area contributed by atoms with E-state index in [-0.39, 0.29) is 29.5 Å². The standard InChI is InChI=1S/C24H23FN6O/c1-15-7-10-19(28-23(32)16-5-3-2-4-6-16)14-31(15)22-12-21(29-24(27)30-22)17-8-9-18(13-26)20(25)11-17/h2-6,8-9,11-12,15,19H,7,10,14H2,1H3,(H,28,32)(H2,27,29,30). The average molecular weight is 430 g/mol. The van der Waals surface area contributed by atoms with E-state index >= 15 is 0 Å². The third-order valence-corrected chi connectivity index (χ3v) is 5.66. The molecule has 4 rings (SSSR count). The number of piperidine rings is 1. The number of halogens is 1. The molecule has 1 aromatic heterocycles. The van der Waals surface area contributed by atoms with Crippen molar-refractivity contribution in [3.05, 3.63) is 71.5 Å². The van der Waals surface area contributed by atoms with E-state index < -0.39 is 5.82 Å². The molecule has 2 aromatic carbocycles. The summed E-state index contributed by atoms with van der Waals surface area (Å²) in [4.78, 5) is 23.3. The van der Waals surface area contributed by atoms with Crippen LogP contribution in [0.5, 0.6) is 0 Å². The molecule has 32 heavy (non-hydrogen) atoms. The van der Waals surface area contributed by atoms with Crippen molar-refractivity contribution in [1.29, 1.82) is 5.26 Å². The highest BCUT2D eigenvalue weighted by Gasteiger charge is 2.28. The summed E-state index contributed by atoms with van der Waals surface area (Å²) >= 11 is 0. The molecule has 0 bridgehead atoms. The molecule has 1 aliphatic rings. The maximum absolute atomic E-state index is 14.1. The van der Waals surface area contributed by atoms with Crippen molar-refractivity contribution < 1.29 is 9.18 Å². The Labute approximate surface area is 185 Å². The van der Waals surface area contributed by atoms with Crippen LogP contribution in [-0.2, 0) is 0 Å². The number of nitrogens with two attached hydrogens (primary N) is 1. The second-order valence-corrected chi connectivity index (χ2v) is 7.89. The number of nitrogens with zero attached hydrogens (tertiary/aromatic N) is 4. The van der Waals surface area contributed by atoms with E-state index in [1.165, 1.54) is 12.1 Å². The van der Waals surface area contributed by atoms with Gasteiger partial charge in [-0.3, -0.25) is 4.79 Å². The maximum atomic E-state index is 14.1. The van der Waals surface area contributed by atoms with Crippen molar-refractivity contribution in [1.82, 2.24) is 15.3 Å². The number of anilines is 2. The van der Waals surface area contributed by atoms with Gasteiger partial charge < -0.3 is 16.0 Å². The molecule has 2 heterocycles. The Bertz CT molecular complexity index is 1180. The molecule has 1 saturated heterocycles. The van der Waals surface area contributed by atoms with Crippen LogP contribution in [0, 0.1) is 17.1 Å². The number of aromatic nitrogens is 2. The molecule has 7 nitrogen and oxygen atoms in total. The molecular weight excluding hydrogens is 407 g/mol. The van der Waals surface area contributed by atoms with Gasteiger partial charge in [-0.15, -0.1) is 0 Å². The van der Waals surface area contributed by atoms with Gasteiger partial charge in [0.2, 0.25) is 5.95 Å². The highest BCUT2D eigenvalue weighted by atomic mass is 19.1. The van der Waals surface area contributed by atoms with Gasteiger partial charge in [-0.25, -0.2) is 9.37 Å². The lowest BCUT2D eigenvalue weighted by atomic mass is 9.98. The van der Waals surface area contributed by atoms with Gasteiger partial charge in [-0.2, -0.15) is 10.2 Å². The summed E-state index contributed by atoms with van der Waals surface area (Å²) in [6, 6.07) is 17.1. The molecule has 1 aliphatic heterocycles. The second kappa shape index (κ2) is 9.02. The Morgan fingerprint density at radius 1 is 1.19 bits per heavy atom. The third-order valence-electron chi connectivity index (χ3n) is 5.66. The maximum Gasteiger partial charge on any atom is 0.251 e. The van der Waals surface area contributed by atoms with E-state index in [0.29, 0.717) is 29.2 Å². The Hall–Kier alpha value is -3.99. The predicted molar refractivity (Wildman–Crippen MR) is 120 cm³/mol. The molecule has 0 aliphatic carbocycles. The number of hydrogen-bond acceptors (Lipinski definition) is 6. The number of nitrogens with one attached hydrogen (secondary N) is 1. The van der Waals surface area contributed by atoms with Crippen LogP contribution >= 0.6 is 0 Å². The molecule has 2 unspecified atom stereocenters. The van der Waals surface area contributed by atoms with Gasteiger partial charge in [-0.05, 0) is 44.0 Å². The van der Waals surface area contributed by atoms with Gasteiger partial charge in [0, 0.05) is 35.8 Å². The van der Waals surface area contributed by atoms with Crippen molar-refractivity contribution in [2.45, 2.75) is 31.8 Å². The topological polar surface area (TPSA) is 108 Å². The highest BCUT2D eigenvalue weighted by molar-refractivity contribution is 5.94. The molecule has 1 fully saturated rings. The van der Waals surface area contributed by atoms with Crippen molar-refractivity contribution in [2.75, 3.05) is 17.2 Å². The SMILES string of the molecule is CC1CCC(NC(=O)c2ccccc2)CN1c1cc(-c2ccc(C#N)c(F)c2)nc(N)n1. The van der Waals surface area contributed by atoms with E-state index in [1.807, 2.05) is 24.3 Å². The average Bonchev–Trinajstić information content (AvgIpc) is 2.80. The van der Waals surface area contributed by atoms with Crippen LogP contribution in [0.25, 0.3) is 11.3 Å². The summed E-state index contributed by atoms with van der Waals surface area (Å²) in [5.74, 6) is -0.0341. The zero-order valence-electron chi connectivity index (χ0n) is 17.6. The van der Waals surface area contributed by atoms with Crippen LogP contribution in [0.15, 0.2) is 54.6 Å². The van der Waals surface area contributed by atoms with Crippen molar-refractivity contribution in [3.8, 4) is 17.3 Å². The van der Waals surface area contributed by atoms with E-state index in [4.69, 9.17) is 11.0 Å². The second-order valence-electron chi connectivity index (χ2n) is 7.89. The molecular formula is C24H23FN6O. The Morgan fingerprint density at radius 3 is 2.69 bits per heavy atom. The number of carbonyl (C=O) groups excluding carboxylic acids is 1. The number of nitrogen functional groups attached to an aromatic ring is 1. The molecule has 162 valence electrons. The predicted octanol–water partition coefficient (Wildman–Crippen LogP) is 3.52. The fourth-order valence-corrected chi connectivity index (χ4v) is 3.92. The number of amides is 1. The molecule has 0 radical (unpaired) electrons. The summed E-state index contributed by atoms with van der Waals surface area (Å²) in [7, 11) is 0. The largest absolute Gasteiger partial charge is 0.368 e. The quantitative estimate of drug-likeness (QED) is 0.656. The molecule has 2 atom stereocenters. The molecule has 0 spiro atoms. The first-order valence-electron chi connectivity index (χ1n) is 10.4. The van der Waals surface area contributed by atoms with E-state index in [0.717, 1.165) is 12.8 Å². The molecule has 1 amide bonds. The lowest BCUT2D eigenvalue weighted by molar-refractivity contribution is 0.0931. The van der Waals surface area contributed by atoms with E-state index in [9.17, 15) is 9.18 Å². The summed E-state index contributed by atoms with van der Waals surface area (Å²) in [5.41, 5.74) is 7.54. The van der Waals surface area contributed by atoms with Crippen LogP contribution in [0.1, 0.15) is 35.7 Å². The van der Waals surface area contributed by atoms with Crippen molar-refractivity contribution in [3.63, 3.8) is 0 Å².